The number of rotatable bonds is 15. The van der Waals surface area contributed by atoms with E-state index in [-0.39, 0.29) is 23.9 Å². The molecule has 0 aromatic rings. The molecule has 4 unspecified atom stereocenters. The number of carbonyl (C=O) groups excluding carboxylic acids is 1. The fourth-order valence-corrected chi connectivity index (χ4v) is 3.92. The summed E-state index contributed by atoms with van der Waals surface area (Å²) in [5, 5.41) is 20.7. The minimum atomic E-state index is -0.415. The van der Waals surface area contributed by atoms with Gasteiger partial charge in [0.2, 0.25) is 0 Å². The predicted molar refractivity (Wildman–Crippen MR) is 120 cm³/mol. The third-order valence-electron chi connectivity index (χ3n) is 5.79. The van der Waals surface area contributed by atoms with Crippen LogP contribution in [0.4, 0.5) is 0 Å². The second-order valence-corrected chi connectivity index (χ2v) is 8.20. The van der Waals surface area contributed by atoms with Crippen molar-refractivity contribution in [3.63, 3.8) is 0 Å². The number of aliphatic hydroxyl groups is 2. The van der Waals surface area contributed by atoms with Gasteiger partial charge in [-0.3, -0.25) is 4.79 Å². The number of methoxy groups -OCH3 is 1. The molecule has 4 heteroatoms. The molecule has 2 N–H and O–H groups in total. The van der Waals surface area contributed by atoms with Crippen LogP contribution in [0.1, 0.15) is 84.0 Å². The van der Waals surface area contributed by atoms with Crippen LogP contribution in [0.25, 0.3) is 0 Å². The number of unbranched alkanes of at least 4 members (excludes halogenated alkanes) is 5. The van der Waals surface area contributed by atoms with E-state index in [1.165, 1.54) is 39.2 Å². The van der Waals surface area contributed by atoms with E-state index < -0.39 is 6.10 Å². The maximum absolute atomic E-state index is 11.2. The molecule has 0 aromatic carbocycles. The molecule has 0 bridgehead atoms. The zero-order chi connectivity index (χ0) is 21.3. The van der Waals surface area contributed by atoms with Gasteiger partial charge in [0.15, 0.2) is 0 Å². The highest BCUT2D eigenvalue weighted by Gasteiger charge is 2.26. The quantitative estimate of drug-likeness (QED) is 0.163. The van der Waals surface area contributed by atoms with Crippen LogP contribution in [0.2, 0.25) is 0 Å². The molecule has 0 heterocycles. The van der Waals surface area contributed by atoms with Crippen LogP contribution in [-0.4, -0.2) is 35.5 Å². The van der Waals surface area contributed by atoms with Crippen molar-refractivity contribution in [3.05, 3.63) is 36.5 Å². The molecule has 0 saturated heterocycles. The standard InChI is InChI=1S/C25H42O4/c1-3-4-5-6-7-8-16-22(26)17-11-9-14-21-15-10-12-18-23(21)24(27)19-13-20-25(28)29-2/h9-12,14,17,21-24,26-27H,3-8,13,15-16,18-20H2,1-2H3. The average Bonchev–Trinajstić information content (AvgIpc) is 2.73. The largest absolute Gasteiger partial charge is 0.469 e. The van der Waals surface area contributed by atoms with E-state index >= 15 is 0 Å². The number of carbonyl (C=O) groups is 1. The first-order valence-electron chi connectivity index (χ1n) is 11.5. The summed E-state index contributed by atoms with van der Waals surface area (Å²) in [4.78, 5) is 11.2. The van der Waals surface area contributed by atoms with Gasteiger partial charge in [-0.2, -0.15) is 0 Å². The van der Waals surface area contributed by atoms with Crippen molar-refractivity contribution < 1.29 is 19.7 Å². The second-order valence-electron chi connectivity index (χ2n) is 8.20. The van der Waals surface area contributed by atoms with Gasteiger partial charge in [0.05, 0.1) is 19.3 Å². The Hall–Kier alpha value is -1.39. The SMILES string of the molecule is CCCCCCCCC(O)C=CC=CC1CC=CCC1C(O)CCCC(=O)OC. The van der Waals surface area contributed by atoms with E-state index in [2.05, 4.69) is 29.9 Å². The van der Waals surface area contributed by atoms with Crippen molar-refractivity contribution in [2.24, 2.45) is 11.8 Å². The molecule has 166 valence electrons. The minimum absolute atomic E-state index is 0.176. The number of allylic oxidation sites excluding steroid dienone is 5. The monoisotopic (exact) mass is 406 g/mol. The van der Waals surface area contributed by atoms with Crippen LogP contribution in [0.5, 0.6) is 0 Å². The number of hydrogen-bond acceptors (Lipinski definition) is 4. The lowest BCUT2D eigenvalue weighted by atomic mass is 9.78. The van der Waals surface area contributed by atoms with Crippen molar-refractivity contribution in [2.75, 3.05) is 7.11 Å². The lowest BCUT2D eigenvalue weighted by Gasteiger charge is -2.30. The molecule has 0 spiro atoms. The van der Waals surface area contributed by atoms with Gasteiger partial charge in [-0.05, 0) is 43.9 Å². The van der Waals surface area contributed by atoms with E-state index in [4.69, 9.17) is 0 Å². The summed E-state index contributed by atoms with van der Waals surface area (Å²) in [7, 11) is 1.39. The summed E-state index contributed by atoms with van der Waals surface area (Å²) in [6.07, 6.45) is 23.1. The van der Waals surface area contributed by atoms with Gasteiger partial charge in [-0.25, -0.2) is 0 Å². The predicted octanol–water partition coefficient (Wildman–Crippen LogP) is 5.50. The summed E-state index contributed by atoms with van der Waals surface area (Å²) in [5.41, 5.74) is 0. The number of hydrogen-bond donors (Lipinski definition) is 2. The van der Waals surface area contributed by atoms with Crippen LogP contribution in [0, 0.1) is 11.8 Å². The molecule has 0 saturated carbocycles. The molecule has 29 heavy (non-hydrogen) atoms. The summed E-state index contributed by atoms with van der Waals surface area (Å²) in [6.45, 7) is 2.22. The third-order valence-corrected chi connectivity index (χ3v) is 5.79. The fraction of sp³-hybridized carbons (Fsp3) is 0.720. The van der Waals surface area contributed by atoms with Gasteiger partial charge >= 0.3 is 5.97 Å². The summed E-state index contributed by atoms with van der Waals surface area (Å²) in [6, 6.07) is 0. The van der Waals surface area contributed by atoms with E-state index in [9.17, 15) is 15.0 Å². The van der Waals surface area contributed by atoms with Gasteiger partial charge in [0.25, 0.3) is 0 Å². The number of aliphatic hydroxyl groups excluding tert-OH is 2. The van der Waals surface area contributed by atoms with Crippen LogP contribution < -0.4 is 0 Å². The Kier molecular flexibility index (Phi) is 14.5. The molecule has 4 atom stereocenters. The lowest BCUT2D eigenvalue weighted by molar-refractivity contribution is -0.140. The zero-order valence-electron chi connectivity index (χ0n) is 18.5. The highest BCUT2D eigenvalue weighted by molar-refractivity contribution is 5.68. The minimum Gasteiger partial charge on any atom is -0.469 e. The van der Waals surface area contributed by atoms with Crippen LogP contribution in [-0.2, 0) is 9.53 Å². The molecule has 4 nitrogen and oxygen atoms in total. The molecule has 0 fully saturated rings. The van der Waals surface area contributed by atoms with Gasteiger partial charge in [-0.1, -0.05) is 81.9 Å². The molecular weight excluding hydrogens is 364 g/mol. The van der Waals surface area contributed by atoms with Crippen molar-refractivity contribution >= 4 is 5.97 Å². The van der Waals surface area contributed by atoms with Crippen molar-refractivity contribution in [2.45, 2.75) is 96.2 Å². The van der Waals surface area contributed by atoms with E-state index in [1.54, 1.807) is 0 Å². The Morgan fingerprint density at radius 2 is 1.76 bits per heavy atom. The molecule has 1 rings (SSSR count). The summed E-state index contributed by atoms with van der Waals surface area (Å²) >= 11 is 0. The molecular formula is C25H42O4. The number of esters is 1. The Bertz CT molecular complexity index is 509. The normalized spacial score (nSPS) is 21.7. The molecule has 1 aliphatic rings. The molecule has 0 radical (unpaired) electrons. The Labute approximate surface area is 177 Å². The van der Waals surface area contributed by atoms with Crippen molar-refractivity contribution in [3.8, 4) is 0 Å². The highest BCUT2D eigenvalue weighted by atomic mass is 16.5. The topological polar surface area (TPSA) is 66.8 Å². The highest BCUT2D eigenvalue weighted by Crippen LogP contribution is 2.31. The van der Waals surface area contributed by atoms with Crippen LogP contribution in [0.15, 0.2) is 36.5 Å². The van der Waals surface area contributed by atoms with Gasteiger partial charge in [-0.15, -0.1) is 0 Å². The van der Waals surface area contributed by atoms with Crippen LogP contribution in [0.3, 0.4) is 0 Å². The number of ether oxygens (including phenoxy) is 1. The van der Waals surface area contributed by atoms with E-state index in [0.717, 1.165) is 25.7 Å². The molecule has 1 aliphatic carbocycles. The molecule has 0 amide bonds. The summed E-state index contributed by atoms with van der Waals surface area (Å²) in [5.74, 6) is 0.241. The van der Waals surface area contributed by atoms with Gasteiger partial charge in [0.1, 0.15) is 0 Å². The van der Waals surface area contributed by atoms with E-state index in [0.29, 0.717) is 19.3 Å². The van der Waals surface area contributed by atoms with Crippen molar-refractivity contribution in [1.29, 1.82) is 0 Å². The van der Waals surface area contributed by atoms with E-state index in [1.807, 2.05) is 18.2 Å². The zero-order valence-corrected chi connectivity index (χ0v) is 18.5. The van der Waals surface area contributed by atoms with Gasteiger partial charge in [0, 0.05) is 6.42 Å². The maximum Gasteiger partial charge on any atom is 0.305 e. The first-order chi connectivity index (χ1) is 14.1. The lowest BCUT2D eigenvalue weighted by Crippen LogP contribution is -2.28. The average molecular weight is 407 g/mol. The maximum atomic E-state index is 11.2. The first kappa shape index (κ1) is 25.6. The molecule has 0 aliphatic heterocycles. The Balaban J connectivity index is 2.34. The third kappa shape index (κ3) is 12.0. The fourth-order valence-electron chi connectivity index (χ4n) is 3.92. The first-order valence-corrected chi connectivity index (χ1v) is 11.5. The Morgan fingerprint density at radius 1 is 1.03 bits per heavy atom. The van der Waals surface area contributed by atoms with Crippen LogP contribution >= 0.6 is 0 Å². The second kappa shape index (κ2) is 16.4. The Morgan fingerprint density at radius 3 is 2.52 bits per heavy atom. The van der Waals surface area contributed by atoms with Gasteiger partial charge < -0.3 is 14.9 Å². The van der Waals surface area contributed by atoms with Crippen molar-refractivity contribution in [1.82, 2.24) is 0 Å². The smallest absolute Gasteiger partial charge is 0.305 e. The summed E-state index contributed by atoms with van der Waals surface area (Å²) < 4.78 is 4.66. The molecule has 0 aromatic heterocycles.